The van der Waals surface area contributed by atoms with Crippen molar-refractivity contribution in [1.82, 2.24) is 5.32 Å². The van der Waals surface area contributed by atoms with Gasteiger partial charge in [0.05, 0.1) is 13.2 Å². The van der Waals surface area contributed by atoms with Crippen LogP contribution in [0.25, 0.3) is 0 Å². The molecule has 0 heterocycles. The van der Waals surface area contributed by atoms with Gasteiger partial charge in [0.1, 0.15) is 0 Å². The maximum absolute atomic E-state index is 5.63. The molecule has 0 saturated carbocycles. The topological polar surface area (TPSA) is 21.3 Å². The fraction of sp³-hybridized carbons (Fsp3) is 0.625. The first-order valence-corrected chi connectivity index (χ1v) is 6.92. The summed E-state index contributed by atoms with van der Waals surface area (Å²) in [6, 6.07) is 8.74. The van der Waals surface area contributed by atoms with Crippen LogP contribution in [0.3, 0.4) is 0 Å². The first kappa shape index (κ1) is 15.2. The van der Waals surface area contributed by atoms with Crippen LogP contribution in [-0.2, 0) is 16.8 Å². The van der Waals surface area contributed by atoms with Crippen LogP contribution < -0.4 is 5.32 Å². The minimum Gasteiger partial charge on any atom is -0.375 e. The maximum atomic E-state index is 5.63. The molecule has 0 amide bonds. The summed E-state index contributed by atoms with van der Waals surface area (Å²) >= 11 is 0. The Balaban J connectivity index is 2.27. The molecule has 1 N–H and O–H groups in total. The summed E-state index contributed by atoms with van der Waals surface area (Å²) in [5.74, 6) is 0. The molecule has 0 aliphatic carbocycles. The summed E-state index contributed by atoms with van der Waals surface area (Å²) in [4.78, 5) is 0. The molecule has 1 aromatic rings. The molecule has 0 saturated heterocycles. The van der Waals surface area contributed by atoms with Gasteiger partial charge in [-0.3, -0.25) is 0 Å². The van der Waals surface area contributed by atoms with E-state index >= 15 is 0 Å². The second-order valence-corrected chi connectivity index (χ2v) is 5.75. The number of hydrogen-bond acceptors (Lipinski definition) is 2. The molecule has 1 aromatic carbocycles. The Morgan fingerprint density at radius 2 is 1.72 bits per heavy atom. The van der Waals surface area contributed by atoms with Crippen molar-refractivity contribution >= 4 is 0 Å². The van der Waals surface area contributed by atoms with Crippen LogP contribution >= 0.6 is 0 Å². The predicted molar refractivity (Wildman–Crippen MR) is 78.0 cm³/mol. The fourth-order valence-electron chi connectivity index (χ4n) is 1.74. The van der Waals surface area contributed by atoms with E-state index in [2.05, 4.69) is 57.3 Å². The minimum atomic E-state index is 0.226. The lowest BCUT2D eigenvalue weighted by atomic mass is 9.87. The standard InChI is InChI=1S/C16H27NO/c1-5-10-17-11-12-18-13-14-6-8-15(9-7-14)16(2,3)4/h6-9,17H,5,10-13H2,1-4H3. The smallest absolute Gasteiger partial charge is 0.0717 e. The molecule has 0 aliphatic heterocycles. The molecule has 0 aromatic heterocycles. The average Bonchev–Trinajstić information content (AvgIpc) is 2.33. The lowest BCUT2D eigenvalue weighted by Crippen LogP contribution is -2.20. The highest BCUT2D eigenvalue weighted by Crippen LogP contribution is 2.22. The zero-order valence-electron chi connectivity index (χ0n) is 12.3. The van der Waals surface area contributed by atoms with Crippen LogP contribution in [-0.4, -0.2) is 19.7 Å². The van der Waals surface area contributed by atoms with E-state index < -0.39 is 0 Å². The zero-order valence-corrected chi connectivity index (χ0v) is 12.3. The largest absolute Gasteiger partial charge is 0.375 e. The van der Waals surface area contributed by atoms with Crippen molar-refractivity contribution in [3.05, 3.63) is 35.4 Å². The minimum absolute atomic E-state index is 0.226. The number of ether oxygens (including phenoxy) is 1. The van der Waals surface area contributed by atoms with Crippen molar-refractivity contribution in [3.63, 3.8) is 0 Å². The molecule has 0 atom stereocenters. The Bertz CT molecular complexity index is 324. The Morgan fingerprint density at radius 1 is 1.06 bits per heavy atom. The molecule has 0 aliphatic rings. The summed E-state index contributed by atoms with van der Waals surface area (Å²) in [6.07, 6.45) is 1.17. The molecule has 0 radical (unpaired) electrons. The summed E-state index contributed by atoms with van der Waals surface area (Å²) in [7, 11) is 0. The molecule has 2 nitrogen and oxygen atoms in total. The molecule has 0 unspecified atom stereocenters. The van der Waals surface area contributed by atoms with Crippen molar-refractivity contribution in [2.45, 2.75) is 46.1 Å². The average molecular weight is 249 g/mol. The number of hydrogen-bond donors (Lipinski definition) is 1. The first-order valence-electron chi connectivity index (χ1n) is 6.92. The van der Waals surface area contributed by atoms with Crippen molar-refractivity contribution in [2.24, 2.45) is 0 Å². The van der Waals surface area contributed by atoms with Gasteiger partial charge in [-0.25, -0.2) is 0 Å². The van der Waals surface area contributed by atoms with Gasteiger partial charge < -0.3 is 10.1 Å². The van der Waals surface area contributed by atoms with E-state index in [-0.39, 0.29) is 5.41 Å². The third kappa shape index (κ3) is 5.65. The molecule has 2 heteroatoms. The van der Waals surface area contributed by atoms with Gasteiger partial charge in [0.15, 0.2) is 0 Å². The van der Waals surface area contributed by atoms with Crippen LogP contribution in [0.5, 0.6) is 0 Å². The van der Waals surface area contributed by atoms with E-state index in [4.69, 9.17) is 4.74 Å². The highest BCUT2D eigenvalue weighted by atomic mass is 16.5. The monoisotopic (exact) mass is 249 g/mol. The highest BCUT2D eigenvalue weighted by molar-refractivity contribution is 5.27. The van der Waals surface area contributed by atoms with E-state index in [9.17, 15) is 0 Å². The number of nitrogens with one attached hydrogen (secondary N) is 1. The Morgan fingerprint density at radius 3 is 2.28 bits per heavy atom. The van der Waals surface area contributed by atoms with Crippen molar-refractivity contribution in [2.75, 3.05) is 19.7 Å². The first-order chi connectivity index (χ1) is 8.54. The Labute approximate surface area is 112 Å². The van der Waals surface area contributed by atoms with Gasteiger partial charge in [0, 0.05) is 6.54 Å². The molecular weight excluding hydrogens is 222 g/mol. The van der Waals surface area contributed by atoms with E-state index in [1.165, 1.54) is 17.5 Å². The van der Waals surface area contributed by atoms with Gasteiger partial charge in [-0.15, -0.1) is 0 Å². The van der Waals surface area contributed by atoms with Crippen LogP contribution in [0.4, 0.5) is 0 Å². The van der Waals surface area contributed by atoms with Gasteiger partial charge in [0.2, 0.25) is 0 Å². The summed E-state index contributed by atoms with van der Waals surface area (Å²) in [6.45, 7) is 12.4. The van der Waals surface area contributed by atoms with Crippen LogP contribution in [0, 0.1) is 0 Å². The molecule has 0 fully saturated rings. The van der Waals surface area contributed by atoms with E-state index in [1.54, 1.807) is 0 Å². The van der Waals surface area contributed by atoms with Crippen molar-refractivity contribution in [3.8, 4) is 0 Å². The molecule has 1 rings (SSSR count). The maximum Gasteiger partial charge on any atom is 0.0717 e. The molecule has 18 heavy (non-hydrogen) atoms. The SMILES string of the molecule is CCCNCCOCc1ccc(C(C)(C)C)cc1. The summed E-state index contributed by atoms with van der Waals surface area (Å²) in [5, 5.41) is 3.33. The van der Waals surface area contributed by atoms with E-state index in [1.807, 2.05) is 0 Å². The van der Waals surface area contributed by atoms with Crippen molar-refractivity contribution < 1.29 is 4.74 Å². The molecule has 0 spiro atoms. The fourth-order valence-corrected chi connectivity index (χ4v) is 1.74. The van der Waals surface area contributed by atoms with Gasteiger partial charge in [-0.05, 0) is 29.5 Å². The normalized spacial score (nSPS) is 11.8. The van der Waals surface area contributed by atoms with Gasteiger partial charge >= 0.3 is 0 Å². The second kappa shape index (κ2) is 7.55. The quantitative estimate of drug-likeness (QED) is 0.747. The lowest BCUT2D eigenvalue weighted by molar-refractivity contribution is 0.123. The second-order valence-electron chi connectivity index (χ2n) is 5.75. The summed E-state index contributed by atoms with van der Waals surface area (Å²) in [5.41, 5.74) is 2.85. The van der Waals surface area contributed by atoms with Crippen LogP contribution in [0.15, 0.2) is 24.3 Å². The predicted octanol–water partition coefficient (Wildman–Crippen LogP) is 3.50. The number of benzene rings is 1. The van der Waals surface area contributed by atoms with Gasteiger partial charge in [-0.1, -0.05) is 52.0 Å². The third-order valence-electron chi connectivity index (χ3n) is 2.94. The Kier molecular flexibility index (Phi) is 6.37. The molecule has 102 valence electrons. The van der Waals surface area contributed by atoms with E-state index in [0.717, 1.165) is 19.7 Å². The van der Waals surface area contributed by atoms with Gasteiger partial charge in [0.25, 0.3) is 0 Å². The van der Waals surface area contributed by atoms with Crippen LogP contribution in [0.2, 0.25) is 0 Å². The van der Waals surface area contributed by atoms with Gasteiger partial charge in [-0.2, -0.15) is 0 Å². The van der Waals surface area contributed by atoms with Crippen molar-refractivity contribution in [1.29, 1.82) is 0 Å². The zero-order chi connectivity index (χ0) is 13.4. The van der Waals surface area contributed by atoms with Crippen LogP contribution in [0.1, 0.15) is 45.2 Å². The summed E-state index contributed by atoms with van der Waals surface area (Å²) < 4.78 is 5.63. The third-order valence-corrected chi connectivity index (χ3v) is 2.94. The highest BCUT2D eigenvalue weighted by Gasteiger charge is 2.12. The molecule has 0 bridgehead atoms. The lowest BCUT2D eigenvalue weighted by Gasteiger charge is -2.19. The molecular formula is C16H27NO. The Hall–Kier alpha value is -0.860. The van der Waals surface area contributed by atoms with E-state index in [0.29, 0.717) is 6.61 Å². The number of rotatable bonds is 7.